The predicted octanol–water partition coefficient (Wildman–Crippen LogP) is 3.49. The van der Waals surface area contributed by atoms with E-state index in [1.54, 1.807) is 0 Å². The number of aliphatic carboxylic acids is 1. The van der Waals surface area contributed by atoms with Gasteiger partial charge in [-0.1, -0.05) is 15.9 Å². The molecule has 2 N–H and O–H groups in total. The van der Waals surface area contributed by atoms with Gasteiger partial charge >= 0.3 is 5.97 Å². The third kappa shape index (κ3) is 3.00. The van der Waals surface area contributed by atoms with Gasteiger partial charge in [0.05, 0.1) is 0 Å². The van der Waals surface area contributed by atoms with Crippen molar-refractivity contribution < 1.29 is 15.0 Å². The highest BCUT2D eigenvalue weighted by Crippen LogP contribution is 2.35. The average molecular weight is 301 g/mol. The maximum Gasteiger partial charge on any atom is 0.303 e. The first-order valence-corrected chi connectivity index (χ1v) is 6.34. The van der Waals surface area contributed by atoms with E-state index in [0.717, 1.165) is 26.7 Å². The number of aromatic hydroxyl groups is 1. The number of benzene rings is 1. The molecule has 0 amide bonds. The van der Waals surface area contributed by atoms with Crippen molar-refractivity contribution in [2.75, 3.05) is 0 Å². The Bertz CT molecular complexity index is 423. The van der Waals surface area contributed by atoms with E-state index < -0.39 is 5.97 Å². The highest BCUT2D eigenvalue weighted by atomic mass is 79.9. The fourth-order valence-electron chi connectivity index (χ4n) is 1.88. The zero-order valence-corrected chi connectivity index (χ0v) is 11.9. The Morgan fingerprint density at radius 2 is 1.76 bits per heavy atom. The van der Waals surface area contributed by atoms with E-state index in [0.29, 0.717) is 18.6 Å². The minimum Gasteiger partial charge on any atom is -0.507 e. The van der Waals surface area contributed by atoms with E-state index in [-0.39, 0.29) is 6.42 Å². The van der Waals surface area contributed by atoms with Crippen molar-refractivity contribution in [3.05, 3.63) is 26.7 Å². The summed E-state index contributed by atoms with van der Waals surface area (Å²) in [4.78, 5) is 10.5. The Morgan fingerprint density at radius 3 is 2.29 bits per heavy atom. The molecule has 4 heteroatoms. The van der Waals surface area contributed by atoms with Crippen molar-refractivity contribution in [1.82, 2.24) is 0 Å². The molecule has 0 atom stereocenters. The molecular weight excluding hydrogens is 284 g/mol. The average Bonchev–Trinajstić information content (AvgIpc) is 2.28. The van der Waals surface area contributed by atoms with Gasteiger partial charge in [0.2, 0.25) is 0 Å². The van der Waals surface area contributed by atoms with Crippen LogP contribution in [-0.4, -0.2) is 16.2 Å². The molecular formula is C13H17BrO3. The van der Waals surface area contributed by atoms with E-state index in [2.05, 4.69) is 15.9 Å². The summed E-state index contributed by atoms with van der Waals surface area (Å²) in [6.07, 6.45) is 1.26. The van der Waals surface area contributed by atoms with E-state index >= 15 is 0 Å². The zero-order chi connectivity index (χ0) is 13.2. The molecule has 0 fully saturated rings. The number of hydrogen-bond acceptors (Lipinski definition) is 2. The van der Waals surface area contributed by atoms with Crippen molar-refractivity contribution in [2.24, 2.45) is 0 Å². The van der Waals surface area contributed by atoms with Gasteiger partial charge in [-0.15, -0.1) is 0 Å². The van der Waals surface area contributed by atoms with Crippen LogP contribution < -0.4 is 0 Å². The van der Waals surface area contributed by atoms with Crippen LogP contribution in [0.2, 0.25) is 0 Å². The van der Waals surface area contributed by atoms with Crippen molar-refractivity contribution in [3.63, 3.8) is 0 Å². The third-order valence-corrected chi connectivity index (χ3v) is 4.32. The Balaban J connectivity index is 3.03. The molecule has 0 aliphatic rings. The smallest absolute Gasteiger partial charge is 0.303 e. The number of halogens is 1. The SMILES string of the molecule is Cc1c(C)c(Br)c(C)c(CCCC(=O)O)c1O. The minimum atomic E-state index is -0.801. The number of rotatable bonds is 4. The summed E-state index contributed by atoms with van der Waals surface area (Å²) in [6.45, 7) is 5.76. The lowest BCUT2D eigenvalue weighted by atomic mass is 9.95. The van der Waals surface area contributed by atoms with Crippen molar-refractivity contribution in [3.8, 4) is 5.75 Å². The van der Waals surface area contributed by atoms with Gasteiger partial charge in [-0.2, -0.15) is 0 Å². The molecule has 0 bridgehead atoms. The fourth-order valence-corrected chi connectivity index (χ4v) is 2.42. The van der Waals surface area contributed by atoms with Gasteiger partial charge in [0.25, 0.3) is 0 Å². The van der Waals surface area contributed by atoms with E-state index in [1.807, 2.05) is 20.8 Å². The summed E-state index contributed by atoms with van der Waals surface area (Å²) >= 11 is 3.51. The molecule has 1 rings (SSSR count). The molecule has 0 saturated carbocycles. The molecule has 94 valence electrons. The van der Waals surface area contributed by atoms with Gasteiger partial charge in [-0.3, -0.25) is 4.79 Å². The van der Waals surface area contributed by atoms with E-state index in [1.165, 1.54) is 0 Å². The number of phenolic OH excluding ortho intramolecular Hbond substituents is 1. The third-order valence-electron chi connectivity index (χ3n) is 3.13. The number of carboxylic acid groups (broad SMARTS) is 1. The Kier molecular flexibility index (Phi) is 4.57. The molecule has 17 heavy (non-hydrogen) atoms. The molecule has 0 aromatic heterocycles. The summed E-state index contributed by atoms with van der Waals surface area (Å²) in [5.74, 6) is -0.501. The molecule has 3 nitrogen and oxygen atoms in total. The molecule has 0 radical (unpaired) electrons. The molecule has 1 aromatic rings. The zero-order valence-electron chi connectivity index (χ0n) is 10.3. The lowest BCUT2D eigenvalue weighted by Crippen LogP contribution is -2.00. The second-order valence-corrected chi connectivity index (χ2v) is 5.06. The van der Waals surface area contributed by atoms with Crippen molar-refractivity contribution in [1.29, 1.82) is 0 Å². The molecule has 0 unspecified atom stereocenters. The summed E-state index contributed by atoms with van der Waals surface area (Å²) < 4.78 is 0.998. The van der Waals surface area contributed by atoms with E-state index in [4.69, 9.17) is 5.11 Å². The lowest BCUT2D eigenvalue weighted by molar-refractivity contribution is -0.137. The first kappa shape index (κ1) is 14.0. The van der Waals surface area contributed by atoms with Crippen LogP contribution in [0.25, 0.3) is 0 Å². The second kappa shape index (κ2) is 5.54. The maximum atomic E-state index is 10.5. The number of carboxylic acids is 1. The van der Waals surface area contributed by atoms with Gasteiger partial charge in [0.1, 0.15) is 5.75 Å². The van der Waals surface area contributed by atoms with Crippen LogP contribution in [0.3, 0.4) is 0 Å². The quantitative estimate of drug-likeness (QED) is 0.895. The van der Waals surface area contributed by atoms with Gasteiger partial charge in [-0.05, 0) is 55.9 Å². The molecule has 0 saturated heterocycles. The summed E-state index contributed by atoms with van der Waals surface area (Å²) in [5.41, 5.74) is 3.73. The fraction of sp³-hybridized carbons (Fsp3) is 0.462. The maximum absolute atomic E-state index is 10.5. The van der Waals surface area contributed by atoms with Gasteiger partial charge in [0.15, 0.2) is 0 Å². The lowest BCUT2D eigenvalue weighted by Gasteiger charge is -2.15. The second-order valence-electron chi connectivity index (χ2n) is 4.26. The summed E-state index contributed by atoms with van der Waals surface area (Å²) in [6, 6.07) is 0. The number of phenols is 1. The van der Waals surface area contributed by atoms with Gasteiger partial charge in [-0.25, -0.2) is 0 Å². The van der Waals surface area contributed by atoms with Crippen LogP contribution in [0.15, 0.2) is 4.47 Å². The standard InChI is InChI=1S/C13H17BrO3/c1-7-8(2)13(17)10(9(3)12(7)14)5-4-6-11(15)16/h17H,4-6H2,1-3H3,(H,15,16). The summed E-state index contributed by atoms with van der Waals surface area (Å²) in [7, 11) is 0. The number of carbonyl (C=O) groups is 1. The topological polar surface area (TPSA) is 57.5 Å². The molecule has 0 aliphatic heterocycles. The minimum absolute atomic E-state index is 0.128. The van der Waals surface area contributed by atoms with Gasteiger partial charge < -0.3 is 10.2 Å². The first-order valence-electron chi connectivity index (χ1n) is 5.55. The van der Waals surface area contributed by atoms with Gasteiger partial charge in [0, 0.05) is 10.9 Å². The van der Waals surface area contributed by atoms with Crippen LogP contribution in [0.1, 0.15) is 35.1 Å². The molecule has 0 spiro atoms. The predicted molar refractivity (Wildman–Crippen MR) is 70.6 cm³/mol. The van der Waals surface area contributed by atoms with Crippen LogP contribution >= 0.6 is 15.9 Å². The van der Waals surface area contributed by atoms with Crippen molar-refractivity contribution >= 4 is 21.9 Å². The molecule has 1 aromatic carbocycles. The van der Waals surface area contributed by atoms with Crippen LogP contribution in [0.4, 0.5) is 0 Å². The Labute approximate surface area is 110 Å². The number of hydrogen-bond donors (Lipinski definition) is 2. The highest BCUT2D eigenvalue weighted by molar-refractivity contribution is 9.10. The highest BCUT2D eigenvalue weighted by Gasteiger charge is 2.15. The van der Waals surface area contributed by atoms with Crippen LogP contribution in [-0.2, 0) is 11.2 Å². The molecule has 0 heterocycles. The van der Waals surface area contributed by atoms with Crippen LogP contribution in [0.5, 0.6) is 5.75 Å². The molecule has 0 aliphatic carbocycles. The Morgan fingerprint density at radius 1 is 1.18 bits per heavy atom. The summed E-state index contributed by atoms with van der Waals surface area (Å²) in [5, 5.41) is 18.7. The van der Waals surface area contributed by atoms with Crippen LogP contribution in [0, 0.1) is 20.8 Å². The normalized spacial score (nSPS) is 10.6. The first-order chi connectivity index (χ1) is 7.86. The largest absolute Gasteiger partial charge is 0.507 e. The van der Waals surface area contributed by atoms with Crippen molar-refractivity contribution in [2.45, 2.75) is 40.0 Å². The Hall–Kier alpha value is -1.03. The van der Waals surface area contributed by atoms with E-state index in [9.17, 15) is 9.90 Å². The monoisotopic (exact) mass is 300 g/mol.